The molecule has 1 heterocycles. The predicted octanol–water partition coefficient (Wildman–Crippen LogP) is 1.41. The van der Waals surface area contributed by atoms with Gasteiger partial charge in [-0.3, -0.25) is 0 Å². The third-order valence-electron chi connectivity index (χ3n) is 2.57. The number of amides is 1. The van der Waals surface area contributed by atoms with Crippen LogP contribution in [0.1, 0.15) is 40.0 Å². The zero-order chi connectivity index (χ0) is 12.9. The lowest BCUT2D eigenvalue weighted by atomic mass is 10.0. The number of nitrogens with one attached hydrogen (secondary N) is 1. The number of nitrogens with two attached hydrogens (primary N) is 1. The first-order valence-electron chi connectivity index (χ1n) is 6.22. The van der Waals surface area contributed by atoms with Crippen molar-refractivity contribution in [1.29, 1.82) is 0 Å². The molecule has 1 amide bonds. The van der Waals surface area contributed by atoms with Crippen LogP contribution in [0.25, 0.3) is 0 Å². The Hall–Kier alpha value is -0.810. The average molecular weight is 244 g/mol. The van der Waals surface area contributed by atoms with Gasteiger partial charge in [0.15, 0.2) is 0 Å². The van der Waals surface area contributed by atoms with Crippen LogP contribution in [0.15, 0.2) is 0 Å². The van der Waals surface area contributed by atoms with E-state index in [1.54, 1.807) is 0 Å². The Morgan fingerprint density at radius 3 is 2.76 bits per heavy atom. The van der Waals surface area contributed by atoms with Gasteiger partial charge in [-0.2, -0.15) is 0 Å². The molecule has 0 aromatic carbocycles. The molecule has 100 valence electrons. The van der Waals surface area contributed by atoms with Crippen LogP contribution in [0, 0.1) is 0 Å². The summed E-state index contributed by atoms with van der Waals surface area (Å²) < 4.78 is 10.7. The zero-order valence-corrected chi connectivity index (χ0v) is 11.0. The SMILES string of the molecule is CC(C)(C)OC(=O)NCC(N)C1CCCCO1. The Bertz CT molecular complexity index is 245. The molecule has 0 bridgehead atoms. The van der Waals surface area contributed by atoms with Gasteiger partial charge in [0, 0.05) is 19.2 Å². The van der Waals surface area contributed by atoms with E-state index in [1.807, 2.05) is 20.8 Å². The third kappa shape index (κ3) is 5.89. The van der Waals surface area contributed by atoms with E-state index in [0.29, 0.717) is 6.54 Å². The summed E-state index contributed by atoms with van der Waals surface area (Å²) in [6.45, 7) is 6.65. The number of hydrogen-bond acceptors (Lipinski definition) is 4. The maximum Gasteiger partial charge on any atom is 0.407 e. The molecule has 0 spiro atoms. The molecule has 1 aliphatic rings. The second-order valence-electron chi connectivity index (χ2n) is 5.45. The van der Waals surface area contributed by atoms with Crippen LogP contribution in [-0.2, 0) is 9.47 Å². The van der Waals surface area contributed by atoms with Crippen molar-refractivity contribution in [3.8, 4) is 0 Å². The van der Waals surface area contributed by atoms with Crippen LogP contribution < -0.4 is 11.1 Å². The van der Waals surface area contributed by atoms with Crippen LogP contribution >= 0.6 is 0 Å². The van der Waals surface area contributed by atoms with Gasteiger partial charge in [-0.05, 0) is 40.0 Å². The molecule has 0 aromatic rings. The molecule has 1 aliphatic heterocycles. The molecule has 2 unspecified atom stereocenters. The third-order valence-corrected chi connectivity index (χ3v) is 2.57. The summed E-state index contributed by atoms with van der Waals surface area (Å²) in [5.41, 5.74) is 5.49. The molecule has 3 N–H and O–H groups in total. The van der Waals surface area contributed by atoms with E-state index >= 15 is 0 Å². The van der Waals surface area contributed by atoms with Gasteiger partial charge < -0.3 is 20.5 Å². The van der Waals surface area contributed by atoms with E-state index in [1.165, 1.54) is 0 Å². The second-order valence-corrected chi connectivity index (χ2v) is 5.45. The Labute approximate surface area is 103 Å². The van der Waals surface area contributed by atoms with Crippen LogP contribution in [-0.4, -0.2) is 37.0 Å². The minimum Gasteiger partial charge on any atom is -0.444 e. The predicted molar refractivity (Wildman–Crippen MR) is 65.8 cm³/mol. The van der Waals surface area contributed by atoms with E-state index in [9.17, 15) is 4.79 Å². The summed E-state index contributed by atoms with van der Waals surface area (Å²) in [4.78, 5) is 11.4. The van der Waals surface area contributed by atoms with E-state index in [0.717, 1.165) is 25.9 Å². The minimum atomic E-state index is -0.477. The van der Waals surface area contributed by atoms with Crippen molar-refractivity contribution in [1.82, 2.24) is 5.32 Å². The van der Waals surface area contributed by atoms with Crippen molar-refractivity contribution in [2.24, 2.45) is 5.73 Å². The van der Waals surface area contributed by atoms with E-state index in [-0.39, 0.29) is 12.1 Å². The van der Waals surface area contributed by atoms with Crippen molar-refractivity contribution in [2.45, 2.75) is 57.8 Å². The lowest BCUT2D eigenvalue weighted by Gasteiger charge is -2.28. The molecule has 0 radical (unpaired) electrons. The van der Waals surface area contributed by atoms with Crippen LogP contribution in [0.3, 0.4) is 0 Å². The first-order chi connectivity index (χ1) is 7.88. The minimum absolute atomic E-state index is 0.0543. The first-order valence-corrected chi connectivity index (χ1v) is 6.22. The highest BCUT2D eigenvalue weighted by molar-refractivity contribution is 5.67. The topological polar surface area (TPSA) is 73.6 Å². The lowest BCUT2D eigenvalue weighted by Crippen LogP contribution is -2.47. The summed E-state index contributed by atoms with van der Waals surface area (Å²) >= 11 is 0. The molecule has 1 fully saturated rings. The highest BCUT2D eigenvalue weighted by atomic mass is 16.6. The molecule has 1 saturated heterocycles. The maximum absolute atomic E-state index is 11.4. The van der Waals surface area contributed by atoms with Gasteiger partial charge in [-0.15, -0.1) is 0 Å². The lowest BCUT2D eigenvalue weighted by molar-refractivity contribution is -0.000327. The summed E-state index contributed by atoms with van der Waals surface area (Å²) in [7, 11) is 0. The van der Waals surface area contributed by atoms with Crippen molar-refractivity contribution in [3.05, 3.63) is 0 Å². The fourth-order valence-corrected chi connectivity index (χ4v) is 1.75. The molecular weight excluding hydrogens is 220 g/mol. The molecule has 5 nitrogen and oxygen atoms in total. The Morgan fingerprint density at radius 1 is 1.53 bits per heavy atom. The monoisotopic (exact) mass is 244 g/mol. The number of carbonyl (C=O) groups is 1. The Balaban J connectivity index is 2.22. The van der Waals surface area contributed by atoms with Gasteiger partial charge in [0.25, 0.3) is 0 Å². The first kappa shape index (κ1) is 14.3. The summed E-state index contributed by atoms with van der Waals surface area (Å²) in [6.07, 6.45) is 2.84. The standard InChI is InChI=1S/C12H24N2O3/c1-12(2,3)17-11(15)14-8-9(13)10-6-4-5-7-16-10/h9-10H,4-8,13H2,1-3H3,(H,14,15). The zero-order valence-electron chi connectivity index (χ0n) is 11.0. The maximum atomic E-state index is 11.4. The molecular formula is C12H24N2O3. The molecule has 17 heavy (non-hydrogen) atoms. The number of carbonyl (C=O) groups excluding carboxylic acids is 1. The average Bonchev–Trinajstić information content (AvgIpc) is 2.25. The highest BCUT2D eigenvalue weighted by Crippen LogP contribution is 2.14. The van der Waals surface area contributed by atoms with Gasteiger partial charge >= 0.3 is 6.09 Å². The summed E-state index contributed by atoms with van der Waals surface area (Å²) in [6, 6.07) is -0.164. The largest absolute Gasteiger partial charge is 0.444 e. The number of ether oxygens (including phenoxy) is 2. The molecule has 0 aliphatic carbocycles. The number of alkyl carbamates (subject to hydrolysis) is 1. The van der Waals surface area contributed by atoms with Crippen molar-refractivity contribution >= 4 is 6.09 Å². The fourth-order valence-electron chi connectivity index (χ4n) is 1.75. The second kappa shape index (κ2) is 6.21. The molecule has 5 heteroatoms. The van der Waals surface area contributed by atoms with Crippen LogP contribution in [0.5, 0.6) is 0 Å². The van der Waals surface area contributed by atoms with Crippen molar-refractivity contribution in [2.75, 3.05) is 13.2 Å². The van der Waals surface area contributed by atoms with Gasteiger partial charge in [-0.1, -0.05) is 0 Å². The van der Waals surface area contributed by atoms with Gasteiger partial charge in [-0.25, -0.2) is 4.79 Å². The van der Waals surface area contributed by atoms with Crippen LogP contribution in [0.2, 0.25) is 0 Å². The van der Waals surface area contributed by atoms with Crippen molar-refractivity contribution in [3.63, 3.8) is 0 Å². The normalized spacial score (nSPS) is 22.9. The van der Waals surface area contributed by atoms with Gasteiger partial charge in [0.05, 0.1) is 6.10 Å². The molecule has 0 saturated carbocycles. The van der Waals surface area contributed by atoms with Gasteiger partial charge in [0.2, 0.25) is 0 Å². The Kier molecular flexibility index (Phi) is 5.21. The molecule has 2 atom stereocenters. The smallest absolute Gasteiger partial charge is 0.407 e. The van der Waals surface area contributed by atoms with E-state index < -0.39 is 11.7 Å². The quantitative estimate of drug-likeness (QED) is 0.787. The van der Waals surface area contributed by atoms with E-state index in [4.69, 9.17) is 15.2 Å². The molecule has 1 rings (SSSR count). The highest BCUT2D eigenvalue weighted by Gasteiger charge is 2.22. The van der Waals surface area contributed by atoms with Crippen LogP contribution in [0.4, 0.5) is 4.79 Å². The summed E-state index contributed by atoms with van der Waals surface area (Å²) in [5.74, 6) is 0. The Morgan fingerprint density at radius 2 is 2.24 bits per heavy atom. The van der Waals surface area contributed by atoms with Gasteiger partial charge in [0.1, 0.15) is 5.60 Å². The van der Waals surface area contributed by atoms with Crippen molar-refractivity contribution < 1.29 is 14.3 Å². The number of rotatable bonds is 3. The van der Waals surface area contributed by atoms with E-state index in [2.05, 4.69) is 5.32 Å². The fraction of sp³-hybridized carbons (Fsp3) is 0.917. The molecule has 0 aromatic heterocycles. The number of hydrogen-bond donors (Lipinski definition) is 2. The summed E-state index contributed by atoms with van der Waals surface area (Å²) in [5, 5.41) is 2.67.